The van der Waals surface area contributed by atoms with Crippen molar-refractivity contribution < 1.29 is 28.6 Å². The highest BCUT2D eigenvalue weighted by molar-refractivity contribution is 5.71. The number of ether oxygens (including phenoxy) is 3. The molecule has 0 rings (SSSR count). The molecule has 0 aromatic rings. The van der Waals surface area contributed by atoms with Gasteiger partial charge in [0.25, 0.3) is 0 Å². The first-order valence-electron chi connectivity index (χ1n) is 27.4. The monoisotopic (exact) mass is 863 g/mol. The topological polar surface area (TPSA) is 78.9 Å². The van der Waals surface area contributed by atoms with E-state index in [-0.39, 0.29) is 31.1 Å². The Labute approximate surface area is 380 Å². The number of carbonyl (C=O) groups excluding carboxylic acids is 3. The maximum atomic E-state index is 12.8. The van der Waals surface area contributed by atoms with Gasteiger partial charge in [0.05, 0.1) is 0 Å². The van der Waals surface area contributed by atoms with Crippen LogP contribution in [-0.4, -0.2) is 37.2 Å². The van der Waals surface area contributed by atoms with Gasteiger partial charge in [-0.25, -0.2) is 0 Å². The minimum absolute atomic E-state index is 0.0624. The van der Waals surface area contributed by atoms with E-state index < -0.39 is 6.10 Å². The molecule has 0 unspecified atom stereocenters. The Morgan fingerprint density at radius 3 is 0.803 bits per heavy atom. The molecule has 6 nitrogen and oxygen atoms in total. The smallest absolute Gasteiger partial charge is 0.306 e. The van der Waals surface area contributed by atoms with Crippen LogP contribution in [0.5, 0.6) is 0 Å². The Morgan fingerprint density at radius 1 is 0.311 bits per heavy atom. The van der Waals surface area contributed by atoms with Crippen molar-refractivity contribution in [3.05, 3.63) is 0 Å². The first-order chi connectivity index (χ1) is 29.9. The van der Waals surface area contributed by atoms with E-state index in [1.807, 2.05) is 0 Å². The van der Waals surface area contributed by atoms with Crippen LogP contribution in [0.3, 0.4) is 0 Å². The zero-order valence-electron chi connectivity index (χ0n) is 41.6. The second kappa shape index (κ2) is 49.4. The third-order valence-corrected chi connectivity index (χ3v) is 12.5. The normalized spacial score (nSPS) is 12.0. The molecular formula is C55H106O6. The van der Waals surface area contributed by atoms with Gasteiger partial charge in [-0.2, -0.15) is 0 Å². The van der Waals surface area contributed by atoms with Gasteiger partial charge in [0.2, 0.25) is 0 Å². The summed E-state index contributed by atoms with van der Waals surface area (Å²) in [4.78, 5) is 37.9. The Bertz CT molecular complexity index is 918. The van der Waals surface area contributed by atoms with Crippen molar-refractivity contribution in [3.63, 3.8) is 0 Å². The molecule has 0 heterocycles. The lowest BCUT2D eigenvalue weighted by atomic mass is 10.0. The summed E-state index contributed by atoms with van der Waals surface area (Å²) in [5, 5.41) is 0. The maximum absolute atomic E-state index is 12.8. The van der Waals surface area contributed by atoms with E-state index >= 15 is 0 Å². The van der Waals surface area contributed by atoms with Crippen LogP contribution in [0.4, 0.5) is 0 Å². The molecule has 0 N–H and O–H groups in total. The minimum Gasteiger partial charge on any atom is -0.462 e. The van der Waals surface area contributed by atoms with Crippen LogP contribution in [0.25, 0.3) is 0 Å². The third kappa shape index (κ3) is 49.3. The Balaban J connectivity index is 4.23. The number of hydrogen-bond donors (Lipinski definition) is 0. The van der Waals surface area contributed by atoms with Gasteiger partial charge in [-0.3, -0.25) is 14.4 Å². The SMILES string of the molecule is CCCCCCCCCCCCCCCCCCC(=O)O[C@@H](COC(=O)CCCCCCCCCCC)COC(=O)CCCCCCCCCCCCCCCCCC(C)C. The number of esters is 3. The fourth-order valence-corrected chi connectivity index (χ4v) is 8.39. The first kappa shape index (κ1) is 59.4. The average Bonchev–Trinajstić information content (AvgIpc) is 3.24. The number of unbranched alkanes of at least 4 members (excludes halogenated alkanes) is 37. The molecule has 0 aliphatic heterocycles. The summed E-state index contributed by atoms with van der Waals surface area (Å²) < 4.78 is 16.8. The molecule has 6 heteroatoms. The van der Waals surface area contributed by atoms with Gasteiger partial charge >= 0.3 is 17.9 Å². The van der Waals surface area contributed by atoms with Crippen molar-refractivity contribution in [2.45, 2.75) is 316 Å². The third-order valence-electron chi connectivity index (χ3n) is 12.5. The fourth-order valence-electron chi connectivity index (χ4n) is 8.39. The Morgan fingerprint density at radius 2 is 0.541 bits per heavy atom. The molecule has 0 spiro atoms. The molecule has 61 heavy (non-hydrogen) atoms. The zero-order chi connectivity index (χ0) is 44.5. The summed E-state index contributed by atoms with van der Waals surface area (Å²) in [7, 11) is 0. The van der Waals surface area contributed by atoms with Crippen LogP contribution < -0.4 is 0 Å². The first-order valence-corrected chi connectivity index (χ1v) is 27.4. The van der Waals surface area contributed by atoms with Crippen molar-refractivity contribution in [1.29, 1.82) is 0 Å². The van der Waals surface area contributed by atoms with Gasteiger partial charge in [-0.05, 0) is 25.2 Å². The van der Waals surface area contributed by atoms with E-state index in [1.54, 1.807) is 0 Å². The highest BCUT2D eigenvalue weighted by Crippen LogP contribution is 2.17. The van der Waals surface area contributed by atoms with Crippen molar-refractivity contribution in [3.8, 4) is 0 Å². The molecule has 0 saturated heterocycles. The van der Waals surface area contributed by atoms with Crippen LogP contribution in [-0.2, 0) is 28.6 Å². The highest BCUT2D eigenvalue weighted by Gasteiger charge is 2.19. The van der Waals surface area contributed by atoms with Gasteiger partial charge in [0.15, 0.2) is 6.10 Å². The Kier molecular flexibility index (Phi) is 48.1. The van der Waals surface area contributed by atoms with Crippen LogP contribution >= 0.6 is 0 Å². The van der Waals surface area contributed by atoms with Crippen LogP contribution in [0.2, 0.25) is 0 Å². The summed E-state index contributed by atoms with van der Waals surface area (Å²) in [5.41, 5.74) is 0. The molecule has 0 aliphatic carbocycles. The van der Waals surface area contributed by atoms with E-state index in [2.05, 4.69) is 27.7 Å². The van der Waals surface area contributed by atoms with E-state index in [0.717, 1.165) is 63.7 Å². The molecule has 0 saturated carbocycles. The van der Waals surface area contributed by atoms with Crippen LogP contribution in [0.1, 0.15) is 310 Å². The number of carbonyl (C=O) groups is 3. The minimum atomic E-state index is -0.760. The standard InChI is InChI=1S/C55H106O6/c1-5-7-9-11-13-15-16-17-18-21-25-28-32-36-40-44-48-55(58)61-52(49-59-53(56)46-42-38-34-29-14-12-10-8-6-2)50-60-54(57)47-43-39-35-31-27-24-22-19-20-23-26-30-33-37-41-45-51(3)4/h51-52H,5-50H2,1-4H3/t52-/m0/s1. The van der Waals surface area contributed by atoms with E-state index in [0.29, 0.717) is 19.3 Å². The van der Waals surface area contributed by atoms with Crippen molar-refractivity contribution >= 4 is 17.9 Å². The van der Waals surface area contributed by atoms with Gasteiger partial charge in [0.1, 0.15) is 13.2 Å². The van der Waals surface area contributed by atoms with E-state index in [1.165, 1.54) is 205 Å². The predicted octanol–water partition coefficient (Wildman–Crippen LogP) is 17.8. The second-order valence-corrected chi connectivity index (χ2v) is 19.3. The molecule has 0 aromatic heterocycles. The van der Waals surface area contributed by atoms with Crippen LogP contribution in [0, 0.1) is 5.92 Å². The number of rotatable bonds is 50. The molecule has 362 valence electrons. The van der Waals surface area contributed by atoms with Crippen molar-refractivity contribution in [2.75, 3.05) is 13.2 Å². The zero-order valence-corrected chi connectivity index (χ0v) is 41.6. The van der Waals surface area contributed by atoms with E-state index in [4.69, 9.17) is 14.2 Å². The van der Waals surface area contributed by atoms with Crippen LogP contribution in [0.15, 0.2) is 0 Å². The van der Waals surface area contributed by atoms with E-state index in [9.17, 15) is 14.4 Å². The fraction of sp³-hybridized carbons (Fsp3) is 0.945. The molecule has 1 atom stereocenters. The molecule has 0 aromatic carbocycles. The average molecular weight is 863 g/mol. The van der Waals surface area contributed by atoms with Crippen molar-refractivity contribution in [1.82, 2.24) is 0 Å². The van der Waals surface area contributed by atoms with Gasteiger partial charge in [0, 0.05) is 19.3 Å². The number of hydrogen-bond acceptors (Lipinski definition) is 6. The van der Waals surface area contributed by atoms with Gasteiger partial charge < -0.3 is 14.2 Å². The largest absolute Gasteiger partial charge is 0.462 e. The lowest BCUT2D eigenvalue weighted by molar-refractivity contribution is -0.167. The molecule has 0 bridgehead atoms. The molecule has 0 aliphatic rings. The molecule has 0 fully saturated rings. The molecule has 0 radical (unpaired) electrons. The second-order valence-electron chi connectivity index (χ2n) is 19.3. The lowest BCUT2D eigenvalue weighted by Crippen LogP contribution is -2.30. The summed E-state index contributed by atoms with van der Waals surface area (Å²) in [5.74, 6) is 0.00682. The Hall–Kier alpha value is -1.59. The molecule has 0 amide bonds. The van der Waals surface area contributed by atoms with Crippen molar-refractivity contribution in [2.24, 2.45) is 5.92 Å². The molecular weight excluding hydrogens is 757 g/mol. The maximum Gasteiger partial charge on any atom is 0.306 e. The summed E-state index contributed by atoms with van der Waals surface area (Å²) >= 11 is 0. The highest BCUT2D eigenvalue weighted by atomic mass is 16.6. The van der Waals surface area contributed by atoms with Gasteiger partial charge in [-0.1, -0.05) is 272 Å². The predicted molar refractivity (Wildman–Crippen MR) is 261 cm³/mol. The quantitative estimate of drug-likeness (QED) is 0.0344. The summed E-state index contributed by atoms with van der Waals surface area (Å²) in [6.45, 7) is 9.04. The summed E-state index contributed by atoms with van der Waals surface area (Å²) in [6, 6.07) is 0. The van der Waals surface area contributed by atoms with Gasteiger partial charge in [-0.15, -0.1) is 0 Å². The summed E-state index contributed by atoms with van der Waals surface area (Å²) in [6.07, 6.45) is 52.4. The lowest BCUT2D eigenvalue weighted by Gasteiger charge is -2.18.